The van der Waals surface area contributed by atoms with Crippen molar-refractivity contribution < 1.29 is 0 Å². The molecule has 1 aliphatic heterocycles. The number of rotatable bonds is 2. The Morgan fingerprint density at radius 3 is 2.40 bits per heavy atom. The van der Waals surface area contributed by atoms with E-state index < -0.39 is 0 Å². The fourth-order valence-electron chi connectivity index (χ4n) is 2.90. The molecular formula is C21H15BrClNS. The minimum absolute atomic E-state index is 0.309. The molecule has 0 saturated carbocycles. The van der Waals surface area contributed by atoms with Crippen molar-refractivity contribution in [3.8, 4) is 0 Å². The quantitative estimate of drug-likeness (QED) is 0.412. The molecule has 25 heavy (non-hydrogen) atoms. The highest BCUT2D eigenvalue weighted by atomic mass is 79.9. The van der Waals surface area contributed by atoms with Gasteiger partial charge in [-0.05, 0) is 47.5 Å². The molecule has 3 aromatic carbocycles. The Balaban J connectivity index is 1.78. The van der Waals surface area contributed by atoms with Crippen LogP contribution in [0.25, 0.3) is 0 Å². The van der Waals surface area contributed by atoms with Crippen LogP contribution in [0.5, 0.6) is 0 Å². The SMILES string of the molecule is Clc1ccc([C@H]2CC(c3ccc(Br)cc3)=Nc3ccccc3S2)cc1. The molecule has 1 nitrogen and oxygen atoms in total. The fraction of sp³-hybridized carbons (Fsp3) is 0.0952. The fourth-order valence-corrected chi connectivity index (χ4v) is 4.52. The molecule has 0 fully saturated rings. The highest BCUT2D eigenvalue weighted by molar-refractivity contribution is 9.10. The monoisotopic (exact) mass is 427 g/mol. The van der Waals surface area contributed by atoms with Gasteiger partial charge in [-0.2, -0.15) is 0 Å². The van der Waals surface area contributed by atoms with Crippen molar-refractivity contribution in [3.05, 3.63) is 93.4 Å². The third kappa shape index (κ3) is 3.84. The minimum Gasteiger partial charge on any atom is -0.252 e. The molecule has 1 atom stereocenters. The molecule has 124 valence electrons. The molecule has 1 heterocycles. The van der Waals surface area contributed by atoms with Crippen molar-refractivity contribution in [1.29, 1.82) is 0 Å². The second-order valence-corrected chi connectivity index (χ2v) is 8.49. The second kappa shape index (κ2) is 7.36. The molecule has 0 aromatic heterocycles. The van der Waals surface area contributed by atoms with Crippen LogP contribution in [-0.4, -0.2) is 5.71 Å². The van der Waals surface area contributed by atoms with Gasteiger partial charge in [-0.1, -0.05) is 63.9 Å². The topological polar surface area (TPSA) is 12.4 Å². The maximum Gasteiger partial charge on any atom is 0.0769 e. The van der Waals surface area contributed by atoms with E-state index in [1.165, 1.54) is 16.0 Å². The Labute approximate surface area is 165 Å². The molecule has 0 radical (unpaired) electrons. The maximum absolute atomic E-state index is 6.07. The number of nitrogens with zero attached hydrogens (tertiary/aromatic N) is 1. The first-order valence-electron chi connectivity index (χ1n) is 8.04. The van der Waals surface area contributed by atoms with Crippen LogP contribution in [0, 0.1) is 0 Å². The van der Waals surface area contributed by atoms with E-state index in [2.05, 4.69) is 70.5 Å². The van der Waals surface area contributed by atoms with E-state index in [1.807, 2.05) is 30.0 Å². The van der Waals surface area contributed by atoms with Gasteiger partial charge in [0.2, 0.25) is 0 Å². The summed E-state index contributed by atoms with van der Waals surface area (Å²) in [5.74, 6) is 0. The maximum atomic E-state index is 6.07. The molecule has 0 aliphatic carbocycles. The molecule has 3 aromatic rings. The zero-order valence-electron chi connectivity index (χ0n) is 13.3. The number of fused-ring (bicyclic) bond motifs is 1. The van der Waals surface area contributed by atoms with Gasteiger partial charge in [-0.25, -0.2) is 0 Å². The summed E-state index contributed by atoms with van der Waals surface area (Å²) in [6, 6.07) is 24.9. The van der Waals surface area contributed by atoms with Gasteiger partial charge in [0.1, 0.15) is 0 Å². The van der Waals surface area contributed by atoms with Crippen LogP contribution < -0.4 is 0 Å². The summed E-state index contributed by atoms with van der Waals surface area (Å²) < 4.78 is 1.08. The summed E-state index contributed by atoms with van der Waals surface area (Å²) >= 11 is 11.4. The lowest BCUT2D eigenvalue weighted by Crippen LogP contribution is -2.05. The first-order valence-corrected chi connectivity index (χ1v) is 10.1. The lowest BCUT2D eigenvalue weighted by Gasteiger charge is -2.16. The smallest absolute Gasteiger partial charge is 0.0769 e. The Morgan fingerprint density at radius 1 is 0.920 bits per heavy atom. The van der Waals surface area contributed by atoms with Gasteiger partial charge in [-0.3, -0.25) is 4.99 Å². The first-order chi connectivity index (χ1) is 12.2. The van der Waals surface area contributed by atoms with Gasteiger partial charge in [0.15, 0.2) is 0 Å². The molecule has 0 amide bonds. The zero-order chi connectivity index (χ0) is 17.2. The van der Waals surface area contributed by atoms with E-state index >= 15 is 0 Å². The summed E-state index contributed by atoms with van der Waals surface area (Å²) in [7, 11) is 0. The summed E-state index contributed by atoms with van der Waals surface area (Å²) in [5, 5.41) is 1.08. The van der Waals surface area contributed by atoms with Crippen LogP contribution in [0.2, 0.25) is 5.02 Å². The lowest BCUT2D eigenvalue weighted by molar-refractivity contribution is 1.01. The van der Waals surface area contributed by atoms with Crippen molar-refractivity contribution in [1.82, 2.24) is 0 Å². The van der Waals surface area contributed by atoms with Crippen molar-refractivity contribution in [2.24, 2.45) is 4.99 Å². The summed E-state index contributed by atoms with van der Waals surface area (Å²) in [6.45, 7) is 0. The van der Waals surface area contributed by atoms with E-state index in [0.29, 0.717) is 5.25 Å². The summed E-state index contributed by atoms with van der Waals surface area (Å²) in [5.41, 5.74) is 4.60. The number of halogens is 2. The van der Waals surface area contributed by atoms with Crippen LogP contribution in [-0.2, 0) is 0 Å². The van der Waals surface area contributed by atoms with Crippen molar-refractivity contribution in [2.75, 3.05) is 0 Å². The van der Waals surface area contributed by atoms with Crippen LogP contribution in [0.3, 0.4) is 0 Å². The van der Waals surface area contributed by atoms with E-state index in [9.17, 15) is 0 Å². The Kier molecular flexibility index (Phi) is 4.98. The Morgan fingerprint density at radius 2 is 1.64 bits per heavy atom. The summed E-state index contributed by atoms with van der Waals surface area (Å²) in [6.07, 6.45) is 0.878. The largest absolute Gasteiger partial charge is 0.252 e. The average Bonchev–Trinajstić information content (AvgIpc) is 2.82. The molecule has 0 bridgehead atoms. The number of hydrogen-bond donors (Lipinski definition) is 0. The number of para-hydroxylation sites is 1. The van der Waals surface area contributed by atoms with Crippen molar-refractivity contribution in [3.63, 3.8) is 0 Å². The predicted octanol–water partition coefficient (Wildman–Crippen LogP) is 7.46. The van der Waals surface area contributed by atoms with Gasteiger partial charge >= 0.3 is 0 Å². The van der Waals surface area contributed by atoms with E-state index in [1.54, 1.807) is 0 Å². The highest BCUT2D eigenvalue weighted by Gasteiger charge is 2.22. The number of aliphatic imine (C=N–C) groups is 1. The normalized spacial score (nSPS) is 16.7. The van der Waals surface area contributed by atoms with Crippen molar-refractivity contribution in [2.45, 2.75) is 16.6 Å². The van der Waals surface area contributed by atoms with E-state index in [-0.39, 0.29) is 0 Å². The summed E-state index contributed by atoms with van der Waals surface area (Å²) in [4.78, 5) is 6.20. The van der Waals surface area contributed by atoms with E-state index in [4.69, 9.17) is 16.6 Å². The Hall–Kier alpha value is -1.55. The highest BCUT2D eigenvalue weighted by Crippen LogP contribution is 2.45. The molecule has 0 unspecified atom stereocenters. The third-order valence-corrected chi connectivity index (χ3v) is 6.29. The van der Waals surface area contributed by atoms with Crippen LogP contribution in [0.4, 0.5) is 5.69 Å². The standard InChI is InChI=1S/C21H15BrClNS/c22-16-9-5-14(6-10-16)19-13-21(15-7-11-17(23)12-8-15)25-20-4-2-1-3-18(20)24-19/h1-12,21H,13H2/t21-/m1/s1. The molecule has 4 rings (SSSR count). The van der Waals surface area contributed by atoms with E-state index in [0.717, 1.165) is 27.3 Å². The molecule has 0 spiro atoms. The Bertz CT molecular complexity index is 919. The molecule has 0 N–H and O–H groups in total. The first kappa shape index (κ1) is 16.9. The van der Waals surface area contributed by atoms with Gasteiger partial charge < -0.3 is 0 Å². The number of hydrogen-bond acceptors (Lipinski definition) is 2. The van der Waals surface area contributed by atoms with Gasteiger partial charge in [0, 0.05) is 31.8 Å². The second-order valence-electron chi connectivity index (χ2n) is 5.90. The molecular weight excluding hydrogens is 414 g/mol. The molecule has 0 saturated heterocycles. The number of thioether (sulfide) groups is 1. The minimum atomic E-state index is 0.309. The predicted molar refractivity (Wildman–Crippen MR) is 111 cm³/mol. The van der Waals surface area contributed by atoms with Crippen LogP contribution in [0.1, 0.15) is 22.8 Å². The van der Waals surface area contributed by atoms with Gasteiger partial charge in [0.25, 0.3) is 0 Å². The molecule has 1 aliphatic rings. The molecule has 4 heteroatoms. The zero-order valence-corrected chi connectivity index (χ0v) is 16.5. The average molecular weight is 429 g/mol. The van der Waals surface area contributed by atoms with Crippen LogP contribution >= 0.6 is 39.3 Å². The lowest BCUT2D eigenvalue weighted by atomic mass is 10.0. The van der Waals surface area contributed by atoms with Gasteiger partial charge in [0.05, 0.1) is 5.69 Å². The van der Waals surface area contributed by atoms with Gasteiger partial charge in [-0.15, -0.1) is 11.8 Å². The third-order valence-electron chi connectivity index (χ3n) is 4.19. The number of benzene rings is 3. The van der Waals surface area contributed by atoms with Crippen LogP contribution in [0.15, 0.2) is 87.2 Å². The van der Waals surface area contributed by atoms with Crippen molar-refractivity contribution >= 4 is 50.7 Å².